The minimum atomic E-state index is -0.828. The zero-order valence-corrected chi connectivity index (χ0v) is 11.1. The van der Waals surface area contributed by atoms with Crippen molar-refractivity contribution in [1.29, 1.82) is 0 Å². The highest BCUT2D eigenvalue weighted by molar-refractivity contribution is 5.39. The van der Waals surface area contributed by atoms with Crippen molar-refractivity contribution in [3.05, 3.63) is 47.1 Å². The Labute approximate surface area is 111 Å². The van der Waals surface area contributed by atoms with Crippen molar-refractivity contribution in [2.24, 2.45) is 5.73 Å². The van der Waals surface area contributed by atoms with Crippen molar-refractivity contribution in [3.8, 4) is 0 Å². The molecule has 1 atom stereocenters. The van der Waals surface area contributed by atoms with E-state index in [4.69, 9.17) is 15.0 Å². The fraction of sp³-hybridized carbons (Fsp3) is 0.429. The van der Waals surface area contributed by atoms with Gasteiger partial charge >= 0.3 is 0 Å². The first-order chi connectivity index (χ1) is 9.11. The molecule has 1 aliphatic heterocycles. The van der Waals surface area contributed by atoms with Gasteiger partial charge in [-0.2, -0.15) is 4.98 Å². The number of ether oxygens (including phenoxy) is 1. The van der Waals surface area contributed by atoms with Crippen LogP contribution in [0.2, 0.25) is 0 Å². The number of nitrogens with zero attached hydrogens (tertiary/aromatic N) is 2. The number of aromatic nitrogens is 2. The van der Waals surface area contributed by atoms with Crippen LogP contribution < -0.4 is 5.73 Å². The Morgan fingerprint density at radius 1 is 1.32 bits per heavy atom. The standard InChI is InChI=1S/C14H17N3O2/c1-9(2)12-16-13(17-19-12)14(15)8-18-7-10-5-3-4-6-11(10)14/h3-6,9H,7-8,15H2,1-2H3. The zero-order valence-electron chi connectivity index (χ0n) is 11.1. The lowest BCUT2D eigenvalue weighted by molar-refractivity contribution is 0.0635. The molecule has 2 aromatic rings. The Balaban J connectivity index is 2.08. The van der Waals surface area contributed by atoms with Gasteiger partial charge in [-0.3, -0.25) is 0 Å². The summed E-state index contributed by atoms with van der Waals surface area (Å²) >= 11 is 0. The smallest absolute Gasteiger partial charge is 0.229 e. The summed E-state index contributed by atoms with van der Waals surface area (Å²) < 4.78 is 10.9. The molecule has 19 heavy (non-hydrogen) atoms. The van der Waals surface area contributed by atoms with E-state index in [2.05, 4.69) is 10.1 Å². The fourth-order valence-corrected chi connectivity index (χ4v) is 2.32. The van der Waals surface area contributed by atoms with Crippen LogP contribution in [0.1, 0.15) is 42.6 Å². The average molecular weight is 259 g/mol. The molecule has 100 valence electrons. The fourth-order valence-electron chi connectivity index (χ4n) is 2.32. The molecule has 5 nitrogen and oxygen atoms in total. The summed E-state index contributed by atoms with van der Waals surface area (Å²) in [5.74, 6) is 1.27. The summed E-state index contributed by atoms with van der Waals surface area (Å²) in [7, 11) is 0. The molecule has 1 aromatic heterocycles. The molecule has 0 spiro atoms. The van der Waals surface area contributed by atoms with Gasteiger partial charge in [-0.15, -0.1) is 0 Å². The Kier molecular flexibility index (Phi) is 2.88. The second-order valence-corrected chi connectivity index (χ2v) is 5.23. The van der Waals surface area contributed by atoms with Gasteiger partial charge in [0.05, 0.1) is 13.2 Å². The highest BCUT2D eigenvalue weighted by Gasteiger charge is 2.39. The van der Waals surface area contributed by atoms with Gasteiger partial charge < -0.3 is 15.0 Å². The van der Waals surface area contributed by atoms with E-state index in [1.807, 2.05) is 38.1 Å². The van der Waals surface area contributed by atoms with Gasteiger partial charge in [0.15, 0.2) is 5.82 Å². The van der Waals surface area contributed by atoms with Gasteiger partial charge in [0.2, 0.25) is 5.89 Å². The first-order valence-electron chi connectivity index (χ1n) is 6.40. The summed E-state index contributed by atoms with van der Waals surface area (Å²) in [4.78, 5) is 4.42. The first kappa shape index (κ1) is 12.3. The van der Waals surface area contributed by atoms with Gasteiger partial charge in [0.25, 0.3) is 0 Å². The number of fused-ring (bicyclic) bond motifs is 1. The molecule has 0 amide bonds. The van der Waals surface area contributed by atoms with Crippen LogP contribution in [0.3, 0.4) is 0 Å². The minimum absolute atomic E-state index is 0.185. The summed E-state index contributed by atoms with van der Waals surface area (Å²) in [5.41, 5.74) is 7.76. The normalized spacial score (nSPS) is 22.5. The number of rotatable bonds is 2. The quantitative estimate of drug-likeness (QED) is 0.892. The van der Waals surface area contributed by atoms with Gasteiger partial charge in [0, 0.05) is 5.92 Å². The lowest BCUT2D eigenvalue weighted by atomic mass is 9.85. The molecule has 5 heteroatoms. The predicted octanol–water partition coefficient (Wildman–Crippen LogP) is 1.93. The number of benzene rings is 1. The second-order valence-electron chi connectivity index (χ2n) is 5.23. The Bertz CT molecular complexity index is 594. The van der Waals surface area contributed by atoms with E-state index < -0.39 is 5.54 Å². The van der Waals surface area contributed by atoms with Gasteiger partial charge in [-0.25, -0.2) is 0 Å². The number of nitrogens with two attached hydrogens (primary N) is 1. The van der Waals surface area contributed by atoms with E-state index >= 15 is 0 Å². The molecular formula is C14H17N3O2. The summed E-state index contributed by atoms with van der Waals surface area (Å²) in [6.07, 6.45) is 0. The van der Waals surface area contributed by atoms with E-state index in [9.17, 15) is 0 Å². The molecule has 0 bridgehead atoms. The van der Waals surface area contributed by atoms with E-state index in [0.29, 0.717) is 24.9 Å². The highest BCUT2D eigenvalue weighted by atomic mass is 16.5. The maximum atomic E-state index is 6.50. The molecule has 1 unspecified atom stereocenters. The highest BCUT2D eigenvalue weighted by Crippen LogP contribution is 2.32. The zero-order chi connectivity index (χ0) is 13.5. The molecule has 1 aromatic carbocycles. The van der Waals surface area contributed by atoms with E-state index in [0.717, 1.165) is 11.1 Å². The third-order valence-corrected chi connectivity index (χ3v) is 3.42. The molecule has 2 N–H and O–H groups in total. The van der Waals surface area contributed by atoms with E-state index in [-0.39, 0.29) is 5.92 Å². The lowest BCUT2D eigenvalue weighted by Gasteiger charge is -2.32. The average Bonchev–Trinajstić information content (AvgIpc) is 2.90. The molecule has 0 aliphatic carbocycles. The van der Waals surface area contributed by atoms with Crippen LogP contribution >= 0.6 is 0 Å². The monoisotopic (exact) mass is 259 g/mol. The molecular weight excluding hydrogens is 242 g/mol. The lowest BCUT2D eigenvalue weighted by Crippen LogP contribution is -2.46. The summed E-state index contributed by atoms with van der Waals surface area (Å²) in [6.45, 7) is 4.95. The van der Waals surface area contributed by atoms with Crippen molar-refractivity contribution in [2.75, 3.05) is 6.61 Å². The van der Waals surface area contributed by atoms with Crippen molar-refractivity contribution in [3.63, 3.8) is 0 Å². The van der Waals surface area contributed by atoms with Crippen LogP contribution in [-0.4, -0.2) is 16.7 Å². The molecule has 0 saturated carbocycles. The van der Waals surface area contributed by atoms with Crippen LogP contribution in [0.4, 0.5) is 0 Å². The summed E-state index contributed by atoms with van der Waals surface area (Å²) in [5, 5.41) is 4.04. The van der Waals surface area contributed by atoms with Gasteiger partial charge in [-0.1, -0.05) is 43.3 Å². The van der Waals surface area contributed by atoms with Crippen molar-refractivity contribution < 1.29 is 9.26 Å². The Morgan fingerprint density at radius 2 is 2.11 bits per heavy atom. The Hall–Kier alpha value is -1.72. The van der Waals surface area contributed by atoms with Crippen molar-refractivity contribution >= 4 is 0 Å². The van der Waals surface area contributed by atoms with E-state index in [1.54, 1.807) is 0 Å². The van der Waals surface area contributed by atoms with E-state index in [1.165, 1.54) is 0 Å². The predicted molar refractivity (Wildman–Crippen MR) is 69.5 cm³/mol. The third kappa shape index (κ3) is 1.95. The second kappa shape index (κ2) is 4.43. The Morgan fingerprint density at radius 3 is 2.84 bits per heavy atom. The largest absolute Gasteiger partial charge is 0.374 e. The van der Waals surface area contributed by atoms with Crippen LogP contribution in [0.25, 0.3) is 0 Å². The third-order valence-electron chi connectivity index (χ3n) is 3.42. The maximum Gasteiger partial charge on any atom is 0.229 e. The first-order valence-corrected chi connectivity index (χ1v) is 6.40. The number of hydrogen-bond donors (Lipinski definition) is 1. The van der Waals surface area contributed by atoms with Crippen molar-refractivity contribution in [2.45, 2.75) is 31.9 Å². The minimum Gasteiger partial charge on any atom is -0.374 e. The van der Waals surface area contributed by atoms with Crippen molar-refractivity contribution in [1.82, 2.24) is 10.1 Å². The summed E-state index contributed by atoms with van der Waals surface area (Å²) in [6, 6.07) is 7.96. The van der Waals surface area contributed by atoms with Crippen LogP contribution in [0, 0.1) is 0 Å². The molecule has 1 aliphatic rings. The maximum absolute atomic E-state index is 6.50. The molecule has 3 rings (SSSR count). The molecule has 0 fully saturated rings. The van der Waals surface area contributed by atoms with Crippen LogP contribution in [-0.2, 0) is 16.9 Å². The van der Waals surface area contributed by atoms with Crippen LogP contribution in [0.5, 0.6) is 0 Å². The van der Waals surface area contributed by atoms with Gasteiger partial charge in [0.1, 0.15) is 5.54 Å². The molecule has 2 heterocycles. The SMILES string of the molecule is CC(C)c1nc(C2(N)COCc3ccccc32)no1. The molecule has 0 saturated heterocycles. The topological polar surface area (TPSA) is 74.2 Å². The number of hydrogen-bond acceptors (Lipinski definition) is 5. The van der Waals surface area contributed by atoms with Crippen LogP contribution in [0.15, 0.2) is 28.8 Å². The van der Waals surface area contributed by atoms with Gasteiger partial charge in [-0.05, 0) is 11.1 Å². The molecule has 0 radical (unpaired) electrons.